The molecule has 0 aliphatic heterocycles. The van der Waals surface area contributed by atoms with Gasteiger partial charge in [0.25, 0.3) is 0 Å². The largest absolute Gasteiger partial charge is 0.369 e. The Kier molecular flexibility index (Phi) is 9.41. The number of unbranched alkanes of at least 4 members (excludes halogenated alkanes) is 1. The molecule has 0 aliphatic rings. The van der Waals surface area contributed by atoms with Crippen LogP contribution in [0, 0.1) is 0 Å². The number of primary amides is 1. The minimum atomic E-state index is -0.218. The van der Waals surface area contributed by atoms with Crippen LogP contribution < -0.4 is 5.73 Å². The van der Waals surface area contributed by atoms with Crippen molar-refractivity contribution in [3.8, 4) is 0 Å². The van der Waals surface area contributed by atoms with Crippen LogP contribution in [0.5, 0.6) is 0 Å². The minimum Gasteiger partial charge on any atom is -0.369 e. The summed E-state index contributed by atoms with van der Waals surface area (Å²) in [6.45, 7) is 5.55. The molecule has 1 aromatic carbocycles. The van der Waals surface area contributed by atoms with Crippen molar-refractivity contribution >= 4 is 11.7 Å². The Morgan fingerprint density at radius 2 is 1.68 bits per heavy atom. The Hall–Kier alpha value is -1.64. The van der Waals surface area contributed by atoms with Crippen molar-refractivity contribution < 1.29 is 9.59 Å². The number of ketones is 1. The van der Waals surface area contributed by atoms with Gasteiger partial charge in [0.05, 0.1) is 5.92 Å². The highest BCUT2D eigenvalue weighted by molar-refractivity contribution is 5.81. The summed E-state index contributed by atoms with van der Waals surface area (Å²) in [5, 5.41) is 0. The van der Waals surface area contributed by atoms with Crippen LogP contribution >= 0.6 is 0 Å². The zero-order valence-corrected chi connectivity index (χ0v) is 12.2. The van der Waals surface area contributed by atoms with Gasteiger partial charge < -0.3 is 10.5 Å². The Morgan fingerprint density at radius 3 is 2.05 bits per heavy atom. The van der Waals surface area contributed by atoms with Gasteiger partial charge in [-0.3, -0.25) is 4.79 Å². The van der Waals surface area contributed by atoms with Crippen LogP contribution in [-0.2, 0) is 9.59 Å². The third-order valence-electron chi connectivity index (χ3n) is 2.89. The molecule has 0 spiro atoms. The molecule has 106 valence electrons. The van der Waals surface area contributed by atoms with Crippen LogP contribution in [0.2, 0.25) is 0 Å². The van der Waals surface area contributed by atoms with Gasteiger partial charge in [0, 0.05) is 6.42 Å². The maximum atomic E-state index is 11.2. The van der Waals surface area contributed by atoms with Crippen LogP contribution in [0.1, 0.15) is 57.9 Å². The van der Waals surface area contributed by atoms with Crippen molar-refractivity contribution in [1.29, 1.82) is 0 Å². The molecule has 0 saturated carbocycles. The van der Waals surface area contributed by atoms with Crippen molar-refractivity contribution in [2.45, 2.75) is 52.4 Å². The molecule has 1 atom stereocenters. The van der Waals surface area contributed by atoms with Crippen LogP contribution in [0.4, 0.5) is 0 Å². The first-order chi connectivity index (χ1) is 9.02. The second-order valence-corrected chi connectivity index (χ2v) is 4.56. The van der Waals surface area contributed by atoms with Gasteiger partial charge in [-0.25, -0.2) is 0 Å². The molecule has 3 nitrogen and oxygen atoms in total. The monoisotopic (exact) mass is 263 g/mol. The fourth-order valence-electron chi connectivity index (χ4n) is 1.57. The number of carbonyl (C=O) groups excluding carboxylic acids is 2. The maximum Gasteiger partial charge on any atom is 0.224 e. The van der Waals surface area contributed by atoms with E-state index in [1.54, 1.807) is 6.92 Å². The zero-order chi connectivity index (χ0) is 14.7. The molecule has 0 bridgehead atoms. The number of amides is 1. The van der Waals surface area contributed by atoms with E-state index in [2.05, 4.69) is 6.92 Å². The van der Waals surface area contributed by atoms with E-state index in [0.717, 1.165) is 24.8 Å². The van der Waals surface area contributed by atoms with Gasteiger partial charge in [-0.05, 0) is 18.9 Å². The molecule has 1 rings (SSSR count). The fourth-order valence-corrected chi connectivity index (χ4v) is 1.57. The van der Waals surface area contributed by atoms with Gasteiger partial charge in [-0.1, -0.05) is 57.0 Å². The van der Waals surface area contributed by atoms with Gasteiger partial charge >= 0.3 is 0 Å². The zero-order valence-electron chi connectivity index (χ0n) is 12.2. The minimum absolute atomic E-state index is 0.115. The number of hydrogen-bond acceptors (Lipinski definition) is 2. The molecule has 0 fully saturated rings. The standard InChI is InChI=1S/C12H17NO.C4H8O/c1-2-3-9-11(12(13)14)10-7-5-4-6-8-10;1-3-4(2)5/h4-8,11H,2-3,9H2,1H3,(H2,13,14);3H2,1-2H3. The van der Waals surface area contributed by atoms with E-state index < -0.39 is 0 Å². The molecule has 0 heterocycles. The predicted octanol–water partition coefficient (Wildman–Crippen LogP) is 3.43. The van der Waals surface area contributed by atoms with Gasteiger partial charge in [0.15, 0.2) is 0 Å². The number of carbonyl (C=O) groups is 2. The summed E-state index contributed by atoms with van der Waals surface area (Å²) in [4.78, 5) is 21.0. The molecule has 19 heavy (non-hydrogen) atoms. The van der Waals surface area contributed by atoms with Crippen LogP contribution in [-0.4, -0.2) is 11.7 Å². The Labute approximate surface area is 116 Å². The lowest BCUT2D eigenvalue weighted by Gasteiger charge is -2.12. The first kappa shape index (κ1) is 17.4. The second-order valence-electron chi connectivity index (χ2n) is 4.56. The lowest BCUT2D eigenvalue weighted by Crippen LogP contribution is -2.21. The average Bonchev–Trinajstić information content (AvgIpc) is 2.40. The van der Waals surface area contributed by atoms with Crippen molar-refractivity contribution in [2.75, 3.05) is 0 Å². The molecule has 0 saturated heterocycles. The normalized spacial score (nSPS) is 11.1. The summed E-state index contributed by atoms with van der Waals surface area (Å²) in [5.41, 5.74) is 6.41. The van der Waals surface area contributed by atoms with Crippen molar-refractivity contribution in [1.82, 2.24) is 0 Å². The molecule has 1 unspecified atom stereocenters. The lowest BCUT2D eigenvalue weighted by atomic mass is 9.93. The first-order valence-corrected chi connectivity index (χ1v) is 6.86. The quantitative estimate of drug-likeness (QED) is 0.854. The van der Waals surface area contributed by atoms with E-state index in [1.807, 2.05) is 37.3 Å². The van der Waals surface area contributed by atoms with E-state index in [0.29, 0.717) is 6.42 Å². The number of Topliss-reactive ketones (excluding diaryl/α,β-unsaturated/α-hetero) is 1. The molecule has 0 aliphatic carbocycles. The SMILES string of the molecule is CCC(C)=O.CCCCC(C(N)=O)c1ccccc1. The smallest absolute Gasteiger partial charge is 0.224 e. The van der Waals surface area contributed by atoms with Crippen LogP contribution in [0.25, 0.3) is 0 Å². The summed E-state index contributed by atoms with van der Waals surface area (Å²) in [6, 6.07) is 9.76. The first-order valence-electron chi connectivity index (χ1n) is 6.86. The molecule has 2 N–H and O–H groups in total. The highest BCUT2D eigenvalue weighted by atomic mass is 16.1. The summed E-state index contributed by atoms with van der Waals surface area (Å²) in [5.74, 6) is -0.0780. The number of rotatable bonds is 6. The lowest BCUT2D eigenvalue weighted by molar-refractivity contribution is -0.119. The summed E-state index contributed by atoms with van der Waals surface area (Å²) >= 11 is 0. The van der Waals surface area contributed by atoms with Gasteiger partial charge in [-0.15, -0.1) is 0 Å². The molecule has 1 aromatic rings. The summed E-state index contributed by atoms with van der Waals surface area (Å²) in [7, 11) is 0. The van der Waals surface area contributed by atoms with E-state index in [4.69, 9.17) is 5.73 Å². The molecular formula is C16H25NO2. The van der Waals surface area contributed by atoms with E-state index >= 15 is 0 Å². The second kappa shape index (κ2) is 10.3. The predicted molar refractivity (Wildman–Crippen MR) is 78.9 cm³/mol. The van der Waals surface area contributed by atoms with Gasteiger partial charge in [0.2, 0.25) is 5.91 Å². The van der Waals surface area contributed by atoms with E-state index in [9.17, 15) is 9.59 Å². The number of nitrogens with two attached hydrogens (primary N) is 1. The molecule has 0 aromatic heterocycles. The van der Waals surface area contributed by atoms with Crippen LogP contribution in [0.3, 0.4) is 0 Å². The summed E-state index contributed by atoms with van der Waals surface area (Å²) in [6.07, 6.45) is 3.66. The van der Waals surface area contributed by atoms with Crippen LogP contribution in [0.15, 0.2) is 30.3 Å². The molecule has 1 amide bonds. The topological polar surface area (TPSA) is 60.2 Å². The maximum absolute atomic E-state index is 11.2. The van der Waals surface area contributed by atoms with E-state index in [1.165, 1.54) is 0 Å². The Morgan fingerprint density at radius 1 is 1.16 bits per heavy atom. The van der Waals surface area contributed by atoms with E-state index in [-0.39, 0.29) is 17.6 Å². The number of hydrogen-bond donors (Lipinski definition) is 1. The molecule has 0 radical (unpaired) electrons. The molecule has 3 heteroatoms. The summed E-state index contributed by atoms with van der Waals surface area (Å²) < 4.78 is 0. The molecular weight excluding hydrogens is 238 g/mol. The number of benzene rings is 1. The Bertz CT molecular complexity index is 374. The van der Waals surface area contributed by atoms with Crippen molar-refractivity contribution in [3.05, 3.63) is 35.9 Å². The third-order valence-corrected chi connectivity index (χ3v) is 2.89. The van der Waals surface area contributed by atoms with Crippen molar-refractivity contribution in [2.24, 2.45) is 5.73 Å². The highest BCUT2D eigenvalue weighted by Crippen LogP contribution is 2.21. The van der Waals surface area contributed by atoms with Gasteiger partial charge in [-0.2, -0.15) is 0 Å². The average molecular weight is 263 g/mol. The van der Waals surface area contributed by atoms with Crippen molar-refractivity contribution in [3.63, 3.8) is 0 Å². The highest BCUT2D eigenvalue weighted by Gasteiger charge is 2.16. The fraction of sp³-hybridized carbons (Fsp3) is 0.500. The third kappa shape index (κ3) is 8.14. The van der Waals surface area contributed by atoms with Gasteiger partial charge in [0.1, 0.15) is 5.78 Å². The Balaban J connectivity index is 0.000000555.